The van der Waals surface area contributed by atoms with Gasteiger partial charge < -0.3 is 14.4 Å². The minimum absolute atomic E-state index is 0.231. The van der Waals surface area contributed by atoms with Crippen molar-refractivity contribution in [2.45, 2.75) is 32.9 Å². The van der Waals surface area contributed by atoms with Gasteiger partial charge >= 0.3 is 0 Å². The molecule has 35 heavy (non-hydrogen) atoms. The predicted molar refractivity (Wildman–Crippen MR) is 142 cm³/mol. The standard InChI is InChI=1S/C28H34N4O2S/c1-20(2)34-16-15-33-14-4-5-23-7-9-26(35-23)28-25-18-22-17-21(6-8-24(22)27(25)29-30-28)19-32-12-10-31(3)11-13-32/h6-9,17,20H,10-16,18-19H2,1-3H3,(H,29,30). The number of nitrogens with zero attached hydrogens (tertiary/aromatic N) is 3. The Morgan fingerprint density at radius 2 is 1.97 bits per heavy atom. The normalized spacial score (nSPS) is 15.8. The summed E-state index contributed by atoms with van der Waals surface area (Å²) in [5, 5.41) is 7.98. The Labute approximate surface area is 212 Å². The highest BCUT2D eigenvalue weighted by atomic mass is 32.1. The van der Waals surface area contributed by atoms with Gasteiger partial charge in [-0.05, 0) is 44.2 Å². The molecule has 3 heterocycles. The van der Waals surface area contributed by atoms with E-state index in [0.29, 0.717) is 19.8 Å². The molecule has 5 rings (SSSR count). The van der Waals surface area contributed by atoms with Crippen molar-refractivity contribution in [2.24, 2.45) is 0 Å². The van der Waals surface area contributed by atoms with E-state index in [0.717, 1.165) is 54.6 Å². The van der Waals surface area contributed by atoms with E-state index in [9.17, 15) is 0 Å². The third-order valence-corrected chi connectivity index (χ3v) is 7.59. The second-order valence-corrected chi connectivity index (χ2v) is 10.7. The monoisotopic (exact) mass is 490 g/mol. The van der Waals surface area contributed by atoms with Crippen LogP contribution in [0.1, 0.15) is 35.4 Å². The maximum absolute atomic E-state index is 5.53. The molecule has 6 nitrogen and oxygen atoms in total. The number of hydrogen-bond donors (Lipinski definition) is 1. The first-order valence-electron chi connectivity index (χ1n) is 12.5. The molecule has 2 aromatic heterocycles. The van der Waals surface area contributed by atoms with Gasteiger partial charge in [0.15, 0.2) is 0 Å². The van der Waals surface area contributed by atoms with Gasteiger partial charge in [-0.1, -0.05) is 30.0 Å². The molecule has 7 heteroatoms. The number of thiophene rings is 1. The van der Waals surface area contributed by atoms with Crippen LogP contribution in [0.15, 0.2) is 30.3 Å². The van der Waals surface area contributed by atoms with E-state index in [1.165, 1.54) is 27.9 Å². The highest BCUT2D eigenvalue weighted by Crippen LogP contribution is 2.41. The Morgan fingerprint density at radius 1 is 1.11 bits per heavy atom. The molecule has 0 unspecified atom stereocenters. The fraction of sp³-hybridized carbons (Fsp3) is 0.464. The molecular weight excluding hydrogens is 456 g/mol. The van der Waals surface area contributed by atoms with E-state index in [1.807, 2.05) is 13.8 Å². The van der Waals surface area contributed by atoms with Gasteiger partial charge in [-0.25, -0.2) is 0 Å². The molecule has 3 aromatic rings. The Hall–Kier alpha value is -2.47. The summed E-state index contributed by atoms with van der Waals surface area (Å²) in [7, 11) is 2.20. The molecule has 1 N–H and O–H groups in total. The first-order valence-corrected chi connectivity index (χ1v) is 13.3. The summed E-state index contributed by atoms with van der Waals surface area (Å²) in [4.78, 5) is 7.15. The zero-order chi connectivity index (χ0) is 24.2. The van der Waals surface area contributed by atoms with Gasteiger partial charge in [-0.2, -0.15) is 5.10 Å². The molecule has 0 amide bonds. The number of ether oxygens (including phenoxy) is 2. The zero-order valence-corrected chi connectivity index (χ0v) is 21.7. The van der Waals surface area contributed by atoms with Crippen molar-refractivity contribution in [2.75, 3.05) is 53.0 Å². The molecule has 1 fully saturated rings. The number of piperazine rings is 1. The van der Waals surface area contributed by atoms with E-state index in [4.69, 9.17) is 9.47 Å². The Kier molecular flexibility index (Phi) is 7.66. The van der Waals surface area contributed by atoms with Crippen LogP contribution in [-0.2, 0) is 22.4 Å². The highest BCUT2D eigenvalue weighted by Gasteiger charge is 2.26. The zero-order valence-electron chi connectivity index (χ0n) is 20.9. The third-order valence-electron chi connectivity index (χ3n) is 6.58. The average Bonchev–Trinajstić information content (AvgIpc) is 3.55. The van der Waals surface area contributed by atoms with Gasteiger partial charge in [0, 0.05) is 50.3 Å². The van der Waals surface area contributed by atoms with Crippen LogP contribution in [0, 0.1) is 11.8 Å². The molecule has 0 bridgehead atoms. The number of rotatable bonds is 8. The number of aromatic amines is 1. The topological polar surface area (TPSA) is 53.6 Å². The van der Waals surface area contributed by atoms with Crippen molar-refractivity contribution in [3.63, 3.8) is 0 Å². The van der Waals surface area contributed by atoms with Crippen molar-refractivity contribution in [3.8, 4) is 33.7 Å². The van der Waals surface area contributed by atoms with Crippen LogP contribution in [0.5, 0.6) is 0 Å². The van der Waals surface area contributed by atoms with Crippen LogP contribution in [0.3, 0.4) is 0 Å². The Morgan fingerprint density at radius 3 is 2.80 bits per heavy atom. The average molecular weight is 491 g/mol. The van der Waals surface area contributed by atoms with Crippen LogP contribution >= 0.6 is 11.3 Å². The van der Waals surface area contributed by atoms with Gasteiger partial charge in [0.1, 0.15) is 12.3 Å². The smallest absolute Gasteiger partial charge is 0.108 e. The maximum atomic E-state index is 5.53. The fourth-order valence-electron chi connectivity index (χ4n) is 4.68. The Balaban J connectivity index is 1.20. The van der Waals surface area contributed by atoms with Crippen molar-refractivity contribution in [3.05, 3.63) is 51.9 Å². The first-order chi connectivity index (χ1) is 17.1. The van der Waals surface area contributed by atoms with E-state index in [1.54, 1.807) is 11.3 Å². The SMILES string of the molecule is CC(C)OCCOCC#Cc1ccc(-c2n[nH]c3c2Cc2cc(CN4CCN(C)CC4)ccc2-3)s1. The summed E-state index contributed by atoms with van der Waals surface area (Å²) < 4.78 is 11.0. The molecular formula is C28H34N4O2S. The van der Waals surface area contributed by atoms with Crippen molar-refractivity contribution < 1.29 is 9.47 Å². The molecule has 1 saturated heterocycles. The lowest BCUT2D eigenvalue weighted by Crippen LogP contribution is -2.43. The summed E-state index contributed by atoms with van der Waals surface area (Å²) >= 11 is 1.69. The van der Waals surface area contributed by atoms with Crippen LogP contribution < -0.4 is 0 Å². The molecule has 0 radical (unpaired) electrons. The molecule has 1 aromatic carbocycles. The number of H-pyrrole nitrogens is 1. The van der Waals surface area contributed by atoms with E-state index >= 15 is 0 Å². The fourth-order valence-corrected chi connectivity index (χ4v) is 5.57. The summed E-state index contributed by atoms with van der Waals surface area (Å²) in [6.07, 6.45) is 1.16. The van der Waals surface area contributed by atoms with Gasteiger partial charge in [0.25, 0.3) is 0 Å². The maximum Gasteiger partial charge on any atom is 0.108 e. The lowest BCUT2D eigenvalue weighted by Gasteiger charge is -2.32. The van der Waals surface area contributed by atoms with Gasteiger partial charge in [0.05, 0.1) is 34.8 Å². The molecule has 0 atom stereocenters. The van der Waals surface area contributed by atoms with E-state index in [2.05, 4.69) is 69.2 Å². The number of benzene rings is 1. The van der Waals surface area contributed by atoms with Crippen molar-refractivity contribution in [1.29, 1.82) is 0 Å². The van der Waals surface area contributed by atoms with Gasteiger partial charge in [-0.15, -0.1) is 11.3 Å². The largest absolute Gasteiger partial charge is 0.376 e. The number of fused-ring (bicyclic) bond motifs is 3. The van der Waals surface area contributed by atoms with Gasteiger partial charge in [0.2, 0.25) is 0 Å². The molecule has 0 saturated carbocycles. The molecule has 1 aliphatic heterocycles. The summed E-state index contributed by atoms with van der Waals surface area (Å²) in [6.45, 7) is 11.2. The van der Waals surface area contributed by atoms with E-state index in [-0.39, 0.29) is 6.10 Å². The molecule has 2 aliphatic rings. The van der Waals surface area contributed by atoms with Crippen LogP contribution in [0.4, 0.5) is 0 Å². The highest BCUT2D eigenvalue weighted by molar-refractivity contribution is 7.16. The summed E-state index contributed by atoms with van der Waals surface area (Å²) in [6, 6.07) is 11.1. The number of aromatic nitrogens is 2. The first kappa shape index (κ1) is 24.2. The summed E-state index contributed by atoms with van der Waals surface area (Å²) in [5.41, 5.74) is 7.61. The van der Waals surface area contributed by atoms with Gasteiger partial charge in [-0.3, -0.25) is 10.00 Å². The number of nitrogens with one attached hydrogen (secondary N) is 1. The predicted octanol–water partition coefficient (Wildman–Crippen LogP) is 4.25. The third kappa shape index (κ3) is 5.85. The number of hydrogen-bond acceptors (Lipinski definition) is 6. The molecule has 0 spiro atoms. The lowest BCUT2D eigenvalue weighted by molar-refractivity contribution is 0.0280. The van der Waals surface area contributed by atoms with Crippen molar-refractivity contribution >= 4 is 11.3 Å². The number of likely N-dealkylation sites (N-methyl/N-ethyl adjacent to an activating group) is 1. The Bertz CT molecular complexity index is 1210. The van der Waals surface area contributed by atoms with E-state index < -0.39 is 0 Å². The van der Waals surface area contributed by atoms with Crippen molar-refractivity contribution in [1.82, 2.24) is 20.0 Å². The second kappa shape index (κ2) is 11.1. The minimum Gasteiger partial charge on any atom is -0.376 e. The quantitative estimate of drug-likeness (QED) is 0.296. The van der Waals surface area contributed by atoms with Crippen LogP contribution in [0.2, 0.25) is 0 Å². The molecule has 184 valence electrons. The summed E-state index contributed by atoms with van der Waals surface area (Å²) in [5.74, 6) is 6.32. The lowest BCUT2D eigenvalue weighted by atomic mass is 10.0. The minimum atomic E-state index is 0.231. The van der Waals surface area contributed by atoms with Crippen LogP contribution in [-0.4, -0.2) is 79.1 Å². The van der Waals surface area contributed by atoms with Crippen LogP contribution in [0.25, 0.3) is 21.8 Å². The molecule has 1 aliphatic carbocycles. The second-order valence-electron chi connectivity index (χ2n) is 9.61.